The first-order chi connectivity index (χ1) is 5.93. The van der Waals surface area contributed by atoms with Crippen LogP contribution in [0.25, 0.3) is 0 Å². The van der Waals surface area contributed by atoms with Crippen molar-refractivity contribution in [3.8, 4) is 0 Å². The molecule has 0 bridgehead atoms. The predicted octanol–water partition coefficient (Wildman–Crippen LogP) is 2.34. The molecule has 1 aliphatic carbocycles. The van der Waals surface area contributed by atoms with Gasteiger partial charge in [-0.1, -0.05) is 20.3 Å². The summed E-state index contributed by atoms with van der Waals surface area (Å²) >= 11 is 0. The Hall–Kier alpha value is -0.530. The fourth-order valence-corrected chi connectivity index (χ4v) is 1.23. The lowest BCUT2D eigenvalue weighted by molar-refractivity contribution is -0.129. The summed E-state index contributed by atoms with van der Waals surface area (Å²) in [6.07, 6.45) is 3.39. The molecule has 76 valence electrons. The standard InChI is InChI=1S/C11H21NO/c1-8(2)11(3,4)12-10(13)9-6-5-7-9/h8-9H,5-7H2,1-4H3,(H,12,13). The van der Waals surface area contributed by atoms with Crippen LogP contribution in [0.1, 0.15) is 47.0 Å². The summed E-state index contributed by atoms with van der Waals surface area (Å²) in [6.45, 7) is 8.46. The molecule has 0 atom stereocenters. The van der Waals surface area contributed by atoms with Crippen LogP contribution in [0, 0.1) is 11.8 Å². The minimum Gasteiger partial charge on any atom is -0.351 e. The zero-order valence-corrected chi connectivity index (χ0v) is 9.18. The summed E-state index contributed by atoms with van der Waals surface area (Å²) in [5, 5.41) is 3.12. The number of hydrogen-bond donors (Lipinski definition) is 1. The molecule has 0 spiro atoms. The third-order valence-corrected chi connectivity index (χ3v) is 3.36. The molecule has 1 fully saturated rings. The van der Waals surface area contributed by atoms with E-state index < -0.39 is 0 Å². The predicted molar refractivity (Wildman–Crippen MR) is 54.4 cm³/mol. The van der Waals surface area contributed by atoms with Gasteiger partial charge in [0.05, 0.1) is 0 Å². The van der Waals surface area contributed by atoms with Crippen LogP contribution in [0.2, 0.25) is 0 Å². The SMILES string of the molecule is CC(C)C(C)(C)NC(=O)C1CCC1. The van der Waals surface area contributed by atoms with Gasteiger partial charge in [-0.3, -0.25) is 4.79 Å². The Morgan fingerprint density at radius 2 is 1.92 bits per heavy atom. The second-order valence-electron chi connectivity index (χ2n) is 4.99. The first kappa shape index (κ1) is 10.6. The lowest BCUT2D eigenvalue weighted by atomic mass is 9.83. The third kappa shape index (κ3) is 2.45. The van der Waals surface area contributed by atoms with Crippen molar-refractivity contribution in [1.82, 2.24) is 5.32 Å². The van der Waals surface area contributed by atoms with Crippen molar-refractivity contribution < 1.29 is 4.79 Å². The van der Waals surface area contributed by atoms with Gasteiger partial charge in [-0.2, -0.15) is 0 Å². The highest BCUT2D eigenvalue weighted by Gasteiger charge is 2.30. The Morgan fingerprint density at radius 1 is 1.38 bits per heavy atom. The highest BCUT2D eigenvalue weighted by Crippen LogP contribution is 2.27. The lowest BCUT2D eigenvalue weighted by Gasteiger charge is -2.34. The number of hydrogen-bond acceptors (Lipinski definition) is 1. The Balaban J connectivity index is 2.42. The summed E-state index contributed by atoms with van der Waals surface area (Å²) in [5.41, 5.74) is -0.0628. The fraction of sp³-hybridized carbons (Fsp3) is 0.909. The van der Waals surface area contributed by atoms with Gasteiger partial charge in [0.15, 0.2) is 0 Å². The third-order valence-electron chi connectivity index (χ3n) is 3.36. The zero-order chi connectivity index (χ0) is 10.1. The second kappa shape index (κ2) is 3.69. The highest BCUT2D eigenvalue weighted by atomic mass is 16.2. The van der Waals surface area contributed by atoms with Crippen LogP contribution < -0.4 is 5.32 Å². The van der Waals surface area contributed by atoms with Gasteiger partial charge in [-0.05, 0) is 32.6 Å². The summed E-state index contributed by atoms with van der Waals surface area (Å²) in [5.74, 6) is 1.04. The quantitative estimate of drug-likeness (QED) is 0.715. The number of amides is 1. The average molecular weight is 183 g/mol. The summed E-state index contributed by atoms with van der Waals surface area (Å²) in [7, 11) is 0. The molecule has 0 aromatic heterocycles. The summed E-state index contributed by atoms with van der Waals surface area (Å²) < 4.78 is 0. The number of carbonyl (C=O) groups is 1. The van der Waals surface area contributed by atoms with E-state index in [-0.39, 0.29) is 11.4 Å². The molecule has 13 heavy (non-hydrogen) atoms. The molecular weight excluding hydrogens is 162 g/mol. The van der Waals surface area contributed by atoms with Crippen molar-refractivity contribution in [2.75, 3.05) is 0 Å². The molecule has 0 aromatic rings. The Morgan fingerprint density at radius 3 is 2.23 bits per heavy atom. The van der Waals surface area contributed by atoms with Crippen molar-refractivity contribution >= 4 is 5.91 Å². The second-order valence-corrected chi connectivity index (χ2v) is 4.99. The van der Waals surface area contributed by atoms with Gasteiger partial charge in [0.1, 0.15) is 0 Å². The van der Waals surface area contributed by atoms with Crippen molar-refractivity contribution in [2.45, 2.75) is 52.5 Å². The van der Waals surface area contributed by atoms with Crippen LogP contribution in [0.5, 0.6) is 0 Å². The molecular formula is C11H21NO. The van der Waals surface area contributed by atoms with Crippen LogP contribution in [0.3, 0.4) is 0 Å². The van der Waals surface area contributed by atoms with E-state index in [1.165, 1.54) is 6.42 Å². The minimum atomic E-state index is -0.0628. The fourth-order valence-electron chi connectivity index (χ4n) is 1.23. The molecule has 0 aliphatic heterocycles. The number of rotatable bonds is 3. The van der Waals surface area contributed by atoms with Crippen LogP contribution in [-0.4, -0.2) is 11.4 Å². The molecule has 1 rings (SSSR count). The van der Waals surface area contributed by atoms with E-state index in [0.29, 0.717) is 11.8 Å². The molecule has 2 nitrogen and oxygen atoms in total. The number of nitrogens with one attached hydrogen (secondary N) is 1. The van der Waals surface area contributed by atoms with Crippen molar-refractivity contribution in [1.29, 1.82) is 0 Å². The largest absolute Gasteiger partial charge is 0.351 e. The zero-order valence-electron chi connectivity index (χ0n) is 9.18. The molecule has 0 saturated heterocycles. The van der Waals surface area contributed by atoms with E-state index >= 15 is 0 Å². The molecule has 0 unspecified atom stereocenters. The Bertz CT molecular complexity index is 192. The molecule has 0 aromatic carbocycles. The van der Waals surface area contributed by atoms with Gasteiger partial charge in [0, 0.05) is 11.5 Å². The summed E-state index contributed by atoms with van der Waals surface area (Å²) in [4.78, 5) is 11.6. The van der Waals surface area contributed by atoms with E-state index in [1.807, 2.05) is 0 Å². The van der Waals surface area contributed by atoms with Crippen LogP contribution in [0.4, 0.5) is 0 Å². The maximum Gasteiger partial charge on any atom is 0.223 e. The first-order valence-electron chi connectivity index (χ1n) is 5.25. The molecule has 2 heteroatoms. The van der Waals surface area contributed by atoms with E-state index in [2.05, 4.69) is 33.0 Å². The normalized spacial score (nSPS) is 18.5. The first-order valence-corrected chi connectivity index (χ1v) is 5.25. The van der Waals surface area contributed by atoms with Crippen LogP contribution in [0.15, 0.2) is 0 Å². The molecule has 1 saturated carbocycles. The Kier molecular flexibility index (Phi) is 2.99. The lowest BCUT2D eigenvalue weighted by Crippen LogP contribution is -2.50. The van der Waals surface area contributed by atoms with Gasteiger partial charge in [0.25, 0.3) is 0 Å². The Labute approximate surface area is 81.1 Å². The smallest absolute Gasteiger partial charge is 0.223 e. The maximum atomic E-state index is 11.6. The van der Waals surface area contributed by atoms with Crippen molar-refractivity contribution in [2.24, 2.45) is 11.8 Å². The maximum absolute atomic E-state index is 11.6. The van der Waals surface area contributed by atoms with Gasteiger partial charge >= 0.3 is 0 Å². The van der Waals surface area contributed by atoms with Gasteiger partial charge in [-0.25, -0.2) is 0 Å². The molecule has 1 N–H and O–H groups in total. The van der Waals surface area contributed by atoms with E-state index in [9.17, 15) is 4.79 Å². The van der Waals surface area contributed by atoms with E-state index in [1.54, 1.807) is 0 Å². The molecule has 0 heterocycles. The van der Waals surface area contributed by atoms with Gasteiger partial charge in [-0.15, -0.1) is 0 Å². The number of carbonyl (C=O) groups excluding carboxylic acids is 1. The van der Waals surface area contributed by atoms with Crippen LogP contribution >= 0.6 is 0 Å². The van der Waals surface area contributed by atoms with Gasteiger partial charge in [0.2, 0.25) is 5.91 Å². The highest BCUT2D eigenvalue weighted by molar-refractivity contribution is 5.80. The topological polar surface area (TPSA) is 29.1 Å². The molecule has 1 aliphatic rings. The van der Waals surface area contributed by atoms with Crippen molar-refractivity contribution in [3.05, 3.63) is 0 Å². The van der Waals surface area contributed by atoms with E-state index in [4.69, 9.17) is 0 Å². The van der Waals surface area contributed by atoms with Crippen LogP contribution in [-0.2, 0) is 4.79 Å². The van der Waals surface area contributed by atoms with Gasteiger partial charge < -0.3 is 5.32 Å². The van der Waals surface area contributed by atoms with Crippen molar-refractivity contribution in [3.63, 3.8) is 0 Å². The summed E-state index contributed by atoms with van der Waals surface area (Å²) in [6, 6.07) is 0. The monoisotopic (exact) mass is 183 g/mol. The molecule has 0 radical (unpaired) electrons. The van der Waals surface area contributed by atoms with E-state index in [0.717, 1.165) is 12.8 Å². The minimum absolute atomic E-state index is 0.0628. The molecule has 1 amide bonds. The average Bonchev–Trinajstić information content (AvgIpc) is 1.80.